The van der Waals surface area contributed by atoms with Gasteiger partial charge >= 0.3 is 0 Å². The highest BCUT2D eigenvalue weighted by atomic mass is 32.1. The quantitative estimate of drug-likeness (QED) is 0.440. The Morgan fingerprint density at radius 2 is 1.71 bits per heavy atom. The Bertz CT molecular complexity index is 1740. The van der Waals surface area contributed by atoms with Gasteiger partial charge in [-0.25, -0.2) is 13.8 Å². The molecule has 1 N–H and O–H groups in total. The van der Waals surface area contributed by atoms with E-state index in [9.17, 15) is 18.8 Å². The number of carbonyl (C=O) groups is 2. The van der Waals surface area contributed by atoms with Gasteiger partial charge < -0.3 is 5.32 Å². The van der Waals surface area contributed by atoms with Crippen molar-refractivity contribution in [2.45, 2.75) is 0 Å². The fourth-order valence-corrected chi connectivity index (χ4v) is 5.27. The van der Waals surface area contributed by atoms with Gasteiger partial charge in [-0.3, -0.25) is 19.3 Å². The standard InChI is InChI=1S/C25H15FN4O3S/c26-14-9-11-15(12-10-14)27-20(31)13-29-18-7-3-1-5-16(18)21(23(29)32)22-24(33)30-19-8-4-2-6-17(19)28-25(30)34-22/h1-12H,13H2,(H,27,31). The molecule has 0 saturated carbocycles. The zero-order valence-corrected chi connectivity index (χ0v) is 18.3. The average Bonchev–Trinajstić information content (AvgIpc) is 3.44. The highest BCUT2D eigenvalue weighted by Gasteiger charge is 2.35. The number of anilines is 2. The van der Waals surface area contributed by atoms with Crippen molar-refractivity contribution in [3.8, 4) is 0 Å². The van der Waals surface area contributed by atoms with E-state index in [1.165, 1.54) is 33.6 Å². The van der Waals surface area contributed by atoms with Gasteiger partial charge in [0, 0.05) is 11.3 Å². The van der Waals surface area contributed by atoms with Crippen molar-refractivity contribution >= 4 is 56.1 Å². The van der Waals surface area contributed by atoms with E-state index in [1.807, 2.05) is 24.3 Å². The highest BCUT2D eigenvalue weighted by Crippen LogP contribution is 2.35. The van der Waals surface area contributed by atoms with Crippen molar-refractivity contribution in [2.24, 2.45) is 0 Å². The van der Waals surface area contributed by atoms with Crippen LogP contribution in [0.4, 0.5) is 15.8 Å². The van der Waals surface area contributed by atoms with Crippen LogP contribution in [0.2, 0.25) is 0 Å². The summed E-state index contributed by atoms with van der Waals surface area (Å²) in [5.74, 6) is -1.28. The second-order valence-corrected chi connectivity index (χ2v) is 8.77. The Hall–Kier alpha value is -4.37. The number of nitrogens with zero attached hydrogens (tertiary/aromatic N) is 3. The molecule has 0 fully saturated rings. The van der Waals surface area contributed by atoms with Crippen LogP contribution in [0.3, 0.4) is 0 Å². The molecule has 6 rings (SSSR count). The molecule has 0 atom stereocenters. The molecule has 0 radical (unpaired) electrons. The second kappa shape index (κ2) is 7.60. The molecule has 0 bridgehead atoms. The van der Waals surface area contributed by atoms with Crippen LogP contribution in [0, 0.1) is 5.82 Å². The molecule has 7 nitrogen and oxygen atoms in total. The topological polar surface area (TPSA) is 83.8 Å². The largest absolute Gasteiger partial charge is 0.325 e. The Labute approximate surface area is 195 Å². The summed E-state index contributed by atoms with van der Waals surface area (Å²) in [5, 5.41) is 2.67. The summed E-state index contributed by atoms with van der Waals surface area (Å²) in [6, 6.07) is 19.8. The van der Waals surface area contributed by atoms with Gasteiger partial charge in [-0.2, -0.15) is 0 Å². The van der Waals surface area contributed by atoms with Crippen LogP contribution in [0.5, 0.6) is 0 Å². The number of thiazole rings is 1. The number of halogens is 1. The number of hydrogen-bond donors (Lipinski definition) is 1. The van der Waals surface area contributed by atoms with Crippen LogP contribution in [0.1, 0.15) is 5.56 Å². The summed E-state index contributed by atoms with van der Waals surface area (Å²) in [5.41, 5.74) is 2.89. The average molecular weight is 470 g/mol. The van der Waals surface area contributed by atoms with Crippen LogP contribution in [0.15, 0.2) is 77.6 Å². The van der Waals surface area contributed by atoms with E-state index in [4.69, 9.17) is 0 Å². The van der Waals surface area contributed by atoms with E-state index in [0.717, 1.165) is 11.3 Å². The van der Waals surface area contributed by atoms with E-state index >= 15 is 0 Å². The maximum atomic E-state index is 13.5. The number of fused-ring (bicyclic) bond motifs is 4. The summed E-state index contributed by atoms with van der Waals surface area (Å²) in [6.45, 7) is -0.254. The van der Waals surface area contributed by atoms with Crippen LogP contribution >= 0.6 is 11.3 Å². The molecule has 3 heterocycles. The first-order valence-electron chi connectivity index (χ1n) is 10.4. The smallest absolute Gasteiger partial charge is 0.275 e. The van der Waals surface area contributed by atoms with Crippen LogP contribution < -0.4 is 20.3 Å². The van der Waals surface area contributed by atoms with Crippen molar-refractivity contribution in [1.29, 1.82) is 0 Å². The molecule has 0 aliphatic carbocycles. The van der Waals surface area contributed by atoms with E-state index in [2.05, 4.69) is 10.3 Å². The Balaban J connectivity index is 1.44. The number of nitrogens with one attached hydrogen (secondary N) is 1. The molecule has 0 unspecified atom stereocenters. The van der Waals surface area contributed by atoms with E-state index < -0.39 is 17.6 Å². The van der Waals surface area contributed by atoms with E-state index in [-0.39, 0.29) is 22.2 Å². The minimum Gasteiger partial charge on any atom is -0.325 e. The Kier molecular flexibility index (Phi) is 4.53. The summed E-state index contributed by atoms with van der Waals surface area (Å²) < 4.78 is 14.9. The zero-order chi connectivity index (χ0) is 23.4. The molecule has 2 amide bonds. The number of para-hydroxylation sites is 3. The summed E-state index contributed by atoms with van der Waals surface area (Å²) >= 11 is 1.16. The molecule has 1 aliphatic heterocycles. The molecular weight excluding hydrogens is 455 g/mol. The third kappa shape index (κ3) is 3.09. The van der Waals surface area contributed by atoms with E-state index in [1.54, 1.807) is 24.3 Å². The number of carbonyl (C=O) groups excluding carboxylic acids is 2. The maximum absolute atomic E-state index is 13.5. The van der Waals surface area contributed by atoms with Gasteiger partial charge in [0.15, 0.2) is 4.96 Å². The predicted molar refractivity (Wildman–Crippen MR) is 128 cm³/mol. The number of hydrogen-bond acceptors (Lipinski definition) is 5. The lowest BCUT2D eigenvalue weighted by atomic mass is 10.1. The van der Waals surface area contributed by atoms with Gasteiger partial charge in [0.05, 0.1) is 22.3 Å². The number of benzene rings is 3. The maximum Gasteiger partial charge on any atom is 0.275 e. The highest BCUT2D eigenvalue weighted by molar-refractivity contribution is 7.15. The van der Waals surface area contributed by atoms with E-state index in [0.29, 0.717) is 32.9 Å². The molecule has 2 aromatic heterocycles. The minimum absolute atomic E-state index is 0.254. The lowest BCUT2D eigenvalue weighted by molar-refractivity contribution is -0.118. The molecular formula is C25H15FN4O3S. The minimum atomic E-state index is -0.440. The predicted octanol–water partition coefficient (Wildman–Crippen LogP) is 2.95. The van der Waals surface area contributed by atoms with Crippen LogP contribution in [0.25, 0.3) is 21.6 Å². The van der Waals surface area contributed by atoms with Gasteiger partial charge in [0.1, 0.15) is 16.9 Å². The van der Waals surface area contributed by atoms with Gasteiger partial charge in [-0.1, -0.05) is 41.7 Å². The van der Waals surface area contributed by atoms with Crippen LogP contribution in [-0.2, 0) is 9.59 Å². The van der Waals surface area contributed by atoms with Gasteiger partial charge in [-0.15, -0.1) is 0 Å². The normalized spacial score (nSPS) is 14.7. The zero-order valence-electron chi connectivity index (χ0n) is 17.5. The fourth-order valence-electron chi connectivity index (χ4n) is 4.20. The van der Waals surface area contributed by atoms with Crippen LogP contribution in [-0.4, -0.2) is 27.7 Å². The third-order valence-electron chi connectivity index (χ3n) is 5.70. The number of rotatable bonds is 3. The first-order chi connectivity index (χ1) is 16.5. The van der Waals surface area contributed by atoms with Gasteiger partial charge in [0.25, 0.3) is 11.5 Å². The van der Waals surface area contributed by atoms with Crippen molar-refractivity contribution in [2.75, 3.05) is 16.8 Å². The molecule has 1 aliphatic rings. The van der Waals surface area contributed by atoms with Gasteiger partial charge in [0.2, 0.25) is 5.91 Å². The fraction of sp³-hybridized carbons (Fsp3) is 0.0400. The van der Waals surface area contributed by atoms with Crippen molar-refractivity contribution in [3.05, 3.63) is 99.1 Å². The van der Waals surface area contributed by atoms with Gasteiger partial charge in [-0.05, 0) is 42.5 Å². The first kappa shape index (κ1) is 20.3. The molecule has 5 aromatic rings. The summed E-state index contributed by atoms with van der Waals surface area (Å²) in [7, 11) is 0. The van der Waals surface area contributed by atoms with Crippen molar-refractivity contribution in [3.63, 3.8) is 0 Å². The Morgan fingerprint density at radius 1 is 0.971 bits per heavy atom. The number of aromatic nitrogens is 2. The molecule has 9 heteroatoms. The molecule has 34 heavy (non-hydrogen) atoms. The molecule has 166 valence electrons. The number of imidazole rings is 1. The third-order valence-corrected chi connectivity index (χ3v) is 6.74. The lowest BCUT2D eigenvalue weighted by Crippen LogP contribution is -2.37. The number of amides is 2. The van der Waals surface area contributed by atoms with Crippen molar-refractivity contribution in [1.82, 2.24) is 9.38 Å². The molecule has 3 aromatic carbocycles. The summed E-state index contributed by atoms with van der Waals surface area (Å²) in [6.07, 6.45) is 0. The Morgan fingerprint density at radius 3 is 2.53 bits per heavy atom. The monoisotopic (exact) mass is 470 g/mol. The summed E-state index contributed by atoms with van der Waals surface area (Å²) in [4.78, 5) is 45.9. The second-order valence-electron chi connectivity index (χ2n) is 7.79. The molecule has 0 spiro atoms. The van der Waals surface area contributed by atoms with Crippen molar-refractivity contribution < 1.29 is 14.0 Å². The molecule has 0 saturated heterocycles. The SMILES string of the molecule is O=C(CN1C(=O)C(=c2sc3nc4ccccc4n3c2=O)c2ccccc21)Nc1ccc(F)cc1. The first-order valence-corrected chi connectivity index (χ1v) is 11.2. The lowest BCUT2D eigenvalue weighted by Gasteiger charge is -2.16.